The first-order valence-electron chi connectivity index (χ1n) is 11.0. The summed E-state index contributed by atoms with van der Waals surface area (Å²) in [7, 11) is 0. The lowest BCUT2D eigenvalue weighted by atomic mass is 9.84. The molecule has 2 aromatic heterocycles. The van der Waals surface area contributed by atoms with Crippen LogP contribution in [0.3, 0.4) is 0 Å². The Hall–Kier alpha value is -2.41. The molecule has 5 nitrogen and oxygen atoms in total. The molecule has 0 radical (unpaired) electrons. The lowest BCUT2D eigenvalue weighted by Gasteiger charge is -2.30. The Morgan fingerprint density at radius 1 is 1.16 bits per heavy atom. The van der Waals surface area contributed by atoms with Crippen LogP contribution in [0.5, 0.6) is 5.75 Å². The van der Waals surface area contributed by atoms with Crippen molar-refractivity contribution < 1.29 is 9.13 Å². The summed E-state index contributed by atoms with van der Waals surface area (Å²) in [5, 5.41) is 9.85. The second-order valence-electron chi connectivity index (χ2n) is 8.72. The number of pyridine rings is 1. The molecule has 2 bridgehead atoms. The minimum atomic E-state index is -0.360. The van der Waals surface area contributed by atoms with Gasteiger partial charge in [-0.05, 0) is 67.7 Å². The summed E-state index contributed by atoms with van der Waals surface area (Å²) in [6, 6.07) is 10.8. The van der Waals surface area contributed by atoms with Gasteiger partial charge in [-0.2, -0.15) is 0 Å². The molecule has 4 atom stereocenters. The summed E-state index contributed by atoms with van der Waals surface area (Å²) >= 11 is 1.67. The van der Waals surface area contributed by atoms with Gasteiger partial charge >= 0.3 is 0 Å². The van der Waals surface area contributed by atoms with Crippen molar-refractivity contribution in [3.63, 3.8) is 0 Å². The minimum Gasteiger partial charge on any atom is -0.483 e. The first kappa shape index (κ1) is 20.5. The molecule has 0 spiro atoms. The maximum Gasteiger partial charge on any atom is 0.191 e. The van der Waals surface area contributed by atoms with Gasteiger partial charge in [0, 0.05) is 24.2 Å². The van der Waals surface area contributed by atoms with Crippen molar-refractivity contribution in [1.82, 2.24) is 19.7 Å². The number of benzene rings is 1. The van der Waals surface area contributed by atoms with Gasteiger partial charge in [0.2, 0.25) is 0 Å². The van der Waals surface area contributed by atoms with Crippen LogP contribution in [0.1, 0.15) is 50.0 Å². The highest BCUT2D eigenvalue weighted by Gasteiger charge is 2.43. The molecule has 0 saturated heterocycles. The quantitative estimate of drug-likeness (QED) is 0.424. The lowest BCUT2D eigenvalue weighted by Crippen LogP contribution is -2.24. The largest absolute Gasteiger partial charge is 0.483 e. The van der Waals surface area contributed by atoms with Gasteiger partial charge in [-0.15, -0.1) is 10.2 Å². The Balaban J connectivity index is 1.38. The zero-order chi connectivity index (χ0) is 21.2. The number of hydrogen-bond donors (Lipinski definition) is 0. The predicted molar refractivity (Wildman–Crippen MR) is 118 cm³/mol. The van der Waals surface area contributed by atoms with E-state index in [1.54, 1.807) is 36.2 Å². The van der Waals surface area contributed by atoms with Gasteiger partial charge in [0.15, 0.2) is 22.5 Å². The molecule has 162 valence electrons. The zero-order valence-corrected chi connectivity index (χ0v) is 18.5. The molecule has 3 aromatic rings. The Morgan fingerprint density at radius 3 is 2.81 bits per heavy atom. The molecular weight excluding hydrogens is 411 g/mol. The van der Waals surface area contributed by atoms with Crippen LogP contribution in [-0.4, -0.2) is 19.7 Å². The summed E-state index contributed by atoms with van der Waals surface area (Å²) < 4.78 is 22.1. The summed E-state index contributed by atoms with van der Waals surface area (Å²) in [5.74, 6) is 3.73. The standard InChI is InChI=1S/C24H27FN4OS/c1-16(20-12-17-8-9-19(20)11-17)29-23(14-30-22-7-3-2-6-21(22)25)27-28-24(29)31-15-18-5-4-10-26-13-18/h2-7,10,13,16-17,19-20H,8-9,11-12,14-15H2,1H3/t16-,17-,19-,20-/m1/s1. The molecule has 2 saturated carbocycles. The Labute approximate surface area is 186 Å². The Morgan fingerprint density at radius 2 is 2.06 bits per heavy atom. The molecule has 2 aliphatic rings. The van der Waals surface area contributed by atoms with Gasteiger partial charge in [-0.25, -0.2) is 4.39 Å². The summed E-state index contributed by atoms with van der Waals surface area (Å²) in [4.78, 5) is 4.21. The Bertz CT molecular complexity index is 1030. The van der Waals surface area contributed by atoms with E-state index in [4.69, 9.17) is 4.74 Å². The number of fused-ring (bicyclic) bond motifs is 2. The van der Waals surface area contributed by atoms with E-state index in [9.17, 15) is 4.39 Å². The molecule has 0 unspecified atom stereocenters. The first-order chi connectivity index (χ1) is 15.2. The molecule has 2 heterocycles. The first-order valence-corrected chi connectivity index (χ1v) is 12.0. The number of para-hydroxylation sites is 1. The van der Waals surface area contributed by atoms with E-state index in [2.05, 4.69) is 32.7 Å². The average molecular weight is 439 g/mol. The second kappa shape index (κ2) is 8.99. The monoisotopic (exact) mass is 438 g/mol. The molecule has 31 heavy (non-hydrogen) atoms. The van der Waals surface area contributed by atoms with Crippen LogP contribution < -0.4 is 4.74 Å². The van der Waals surface area contributed by atoms with Crippen molar-refractivity contribution in [2.75, 3.05) is 0 Å². The summed E-state index contributed by atoms with van der Waals surface area (Å²) in [6.07, 6.45) is 9.02. The maximum atomic E-state index is 14.0. The average Bonchev–Trinajstić information content (AvgIpc) is 3.53. The van der Waals surface area contributed by atoms with Crippen molar-refractivity contribution >= 4 is 11.8 Å². The fourth-order valence-corrected chi connectivity index (χ4v) is 6.30. The van der Waals surface area contributed by atoms with Crippen molar-refractivity contribution in [1.29, 1.82) is 0 Å². The molecule has 0 amide bonds. The van der Waals surface area contributed by atoms with Crippen molar-refractivity contribution in [2.45, 2.75) is 56.2 Å². The van der Waals surface area contributed by atoms with Crippen LogP contribution in [0.15, 0.2) is 53.9 Å². The van der Waals surface area contributed by atoms with Crippen molar-refractivity contribution in [3.05, 3.63) is 66.0 Å². The molecule has 1 aromatic carbocycles. The number of aromatic nitrogens is 4. The van der Waals surface area contributed by atoms with E-state index in [-0.39, 0.29) is 18.2 Å². The third kappa shape index (κ3) is 4.33. The van der Waals surface area contributed by atoms with Gasteiger partial charge in [0.25, 0.3) is 0 Å². The van der Waals surface area contributed by atoms with Crippen LogP contribution in [0.25, 0.3) is 0 Å². The van der Waals surface area contributed by atoms with Crippen LogP contribution in [0.4, 0.5) is 4.39 Å². The minimum absolute atomic E-state index is 0.201. The van der Waals surface area contributed by atoms with E-state index in [0.717, 1.165) is 34.1 Å². The second-order valence-corrected chi connectivity index (χ2v) is 9.66. The van der Waals surface area contributed by atoms with Gasteiger partial charge in [-0.3, -0.25) is 9.55 Å². The SMILES string of the molecule is C[C@H]([C@H]1C[C@@H]2CC[C@@H]1C2)n1c(COc2ccccc2F)nnc1SCc1cccnc1. The molecular formula is C24H27FN4OS. The van der Waals surface area contributed by atoms with Crippen LogP contribution in [-0.2, 0) is 12.4 Å². The third-order valence-electron chi connectivity index (χ3n) is 6.84. The van der Waals surface area contributed by atoms with Crippen molar-refractivity contribution in [2.24, 2.45) is 17.8 Å². The third-order valence-corrected chi connectivity index (χ3v) is 7.85. The molecule has 5 rings (SSSR count). The number of ether oxygens (including phenoxy) is 1. The Kier molecular flexibility index (Phi) is 5.94. The van der Waals surface area contributed by atoms with Gasteiger partial charge < -0.3 is 4.74 Å². The highest BCUT2D eigenvalue weighted by Crippen LogP contribution is 2.52. The van der Waals surface area contributed by atoms with E-state index in [0.29, 0.717) is 12.0 Å². The van der Waals surface area contributed by atoms with Gasteiger partial charge in [0.1, 0.15) is 6.61 Å². The normalized spacial score (nSPS) is 23.2. The molecule has 2 fully saturated rings. The number of nitrogens with zero attached hydrogens (tertiary/aromatic N) is 4. The molecule has 0 aliphatic heterocycles. The molecule has 0 N–H and O–H groups in total. The van der Waals surface area contributed by atoms with Gasteiger partial charge in [-0.1, -0.05) is 36.4 Å². The van der Waals surface area contributed by atoms with Crippen LogP contribution in [0, 0.1) is 23.6 Å². The van der Waals surface area contributed by atoms with E-state index in [1.165, 1.54) is 31.7 Å². The van der Waals surface area contributed by atoms with Crippen molar-refractivity contribution in [3.8, 4) is 5.75 Å². The maximum absolute atomic E-state index is 14.0. The van der Waals surface area contributed by atoms with Crippen LogP contribution in [0.2, 0.25) is 0 Å². The number of halogens is 1. The molecule has 7 heteroatoms. The number of rotatable bonds is 8. The lowest BCUT2D eigenvalue weighted by molar-refractivity contribution is 0.215. The smallest absolute Gasteiger partial charge is 0.191 e. The fourth-order valence-electron chi connectivity index (χ4n) is 5.33. The highest BCUT2D eigenvalue weighted by molar-refractivity contribution is 7.98. The number of hydrogen-bond acceptors (Lipinski definition) is 5. The fraction of sp³-hybridized carbons (Fsp3) is 0.458. The molecule has 2 aliphatic carbocycles. The topological polar surface area (TPSA) is 52.8 Å². The zero-order valence-electron chi connectivity index (χ0n) is 17.7. The summed E-state index contributed by atoms with van der Waals surface area (Å²) in [6.45, 7) is 2.49. The van der Waals surface area contributed by atoms with E-state index < -0.39 is 0 Å². The number of thioether (sulfide) groups is 1. The predicted octanol–water partition coefficient (Wildman–Crippen LogP) is 5.68. The van der Waals surface area contributed by atoms with Gasteiger partial charge in [0.05, 0.1) is 0 Å². The van der Waals surface area contributed by atoms with Crippen LogP contribution >= 0.6 is 11.8 Å². The summed E-state index contributed by atoms with van der Waals surface area (Å²) in [5.41, 5.74) is 1.15. The van der Waals surface area contributed by atoms with E-state index in [1.807, 2.05) is 12.3 Å². The highest BCUT2D eigenvalue weighted by atomic mass is 32.2. The van der Waals surface area contributed by atoms with E-state index >= 15 is 0 Å².